The lowest BCUT2D eigenvalue weighted by Crippen LogP contribution is -2.28. The van der Waals surface area contributed by atoms with E-state index in [9.17, 15) is 4.79 Å². The molecule has 2 N–H and O–H groups in total. The number of carbonyl (C=O) groups is 1. The first-order valence-electron chi connectivity index (χ1n) is 6.04. The SMILES string of the molecule is CNCC(C)C(=O)Nc1ccc2nc(SC)sc2c1. The van der Waals surface area contributed by atoms with E-state index in [1.165, 1.54) is 0 Å². The summed E-state index contributed by atoms with van der Waals surface area (Å²) in [6.07, 6.45) is 2.01. The van der Waals surface area contributed by atoms with Crippen molar-refractivity contribution in [1.82, 2.24) is 10.3 Å². The number of rotatable bonds is 5. The zero-order chi connectivity index (χ0) is 13.8. The summed E-state index contributed by atoms with van der Waals surface area (Å²) in [5, 5.41) is 5.94. The van der Waals surface area contributed by atoms with E-state index in [0.717, 1.165) is 20.2 Å². The van der Waals surface area contributed by atoms with Gasteiger partial charge in [-0.05, 0) is 31.5 Å². The van der Waals surface area contributed by atoms with Gasteiger partial charge in [0.2, 0.25) is 5.91 Å². The van der Waals surface area contributed by atoms with Crippen molar-refractivity contribution in [3.8, 4) is 0 Å². The van der Waals surface area contributed by atoms with E-state index in [-0.39, 0.29) is 11.8 Å². The van der Waals surface area contributed by atoms with Crippen LogP contribution in [0.4, 0.5) is 5.69 Å². The van der Waals surface area contributed by atoms with Crippen LogP contribution in [-0.2, 0) is 4.79 Å². The van der Waals surface area contributed by atoms with Crippen LogP contribution in [0.5, 0.6) is 0 Å². The third-order valence-corrected chi connectivity index (χ3v) is 4.77. The normalized spacial score (nSPS) is 12.6. The molecule has 0 radical (unpaired) electrons. The highest BCUT2D eigenvalue weighted by Gasteiger charge is 2.12. The number of hydrogen-bond acceptors (Lipinski definition) is 5. The van der Waals surface area contributed by atoms with Gasteiger partial charge in [0.05, 0.1) is 10.2 Å². The van der Waals surface area contributed by atoms with Crippen LogP contribution >= 0.6 is 23.1 Å². The minimum absolute atomic E-state index is 0.0308. The lowest BCUT2D eigenvalue weighted by atomic mass is 10.1. The number of anilines is 1. The molecule has 0 aliphatic rings. The Balaban J connectivity index is 2.14. The van der Waals surface area contributed by atoms with Crippen molar-refractivity contribution in [3.63, 3.8) is 0 Å². The molecular weight excluding hydrogens is 278 g/mol. The Bertz CT molecular complexity index is 582. The van der Waals surface area contributed by atoms with Gasteiger partial charge in [-0.1, -0.05) is 18.7 Å². The second kappa shape index (κ2) is 6.36. The standard InChI is InChI=1S/C13H17N3OS2/c1-8(7-14-2)12(17)15-9-4-5-10-11(6-9)19-13(16-10)18-3/h4-6,8,14H,7H2,1-3H3,(H,15,17). The number of fused-ring (bicyclic) bond motifs is 1. The molecule has 0 aliphatic carbocycles. The van der Waals surface area contributed by atoms with E-state index >= 15 is 0 Å². The summed E-state index contributed by atoms with van der Waals surface area (Å²) in [7, 11) is 1.84. The van der Waals surface area contributed by atoms with Gasteiger partial charge in [0.25, 0.3) is 0 Å². The molecule has 1 aromatic carbocycles. The average molecular weight is 295 g/mol. The fraction of sp³-hybridized carbons (Fsp3) is 0.385. The van der Waals surface area contributed by atoms with Gasteiger partial charge in [0, 0.05) is 18.2 Å². The molecule has 0 fully saturated rings. The number of aromatic nitrogens is 1. The van der Waals surface area contributed by atoms with Gasteiger partial charge in [0.15, 0.2) is 4.34 Å². The van der Waals surface area contributed by atoms with E-state index in [4.69, 9.17) is 0 Å². The molecule has 0 bridgehead atoms. The van der Waals surface area contributed by atoms with E-state index in [0.29, 0.717) is 6.54 Å². The highest BCUT2D eigenvalue weighted by atomic mass is 32.2. The third-order valence-electron chi connectivity index (χ3n) is 2.77. The minimum atomic E-state index is -0.0519. The maximum absolute atomic E-state index is 11.9. The number of carbonyl (C=O) groups excluding carboxylic acids is 1. The highest BCUT2D eigenvalue weighted by Crippen LogP contribution is 2.30. The number of thiazole rings is 1. The van der Waals surface area contributed by atoms with Crippen LogP contribution in [0.2, 0.25) is 0 Å². The number of amides is 1. The predicted octanol–water partition coefficient (Wildman–Crippen LogP) is 2.81. The molecule has 0 aliphatic heterocycles. The van der Waals surface area contributed by atoms with Crippen LogP contribution < -0.4 is 10.6 Å². The maximum Gasteiger partial charge on any atom is 0.228 e. The van der Waals surface area contributed by atoms with Gasteiger partial charge in [0.1, 0.15) is 0 Å². The first-order valence-corrected chi connectivity index (χ1v) is 8.08. The Hall–Kier alpha value is -1.11. The second-order valence-electron chi connectivity index (χ2n) is 4.31. The molecule has 6 heteroatoms. The summed E-state index contributed by atoms with van der Waals surface area (Å²) >= 11 is 3.28. The summed E-state index contributed by atoms with van der Waals surface area (Å²) in [4.78, 5) is 16.4. The van der Waals surface area contributed by atoms with Crippen molar-refractivity contribution in [2.24, 2.45) is 5.92 Å². The molecule has 2 aromatic rings. The van der Waals surface area contributed by atoms with Gasteiger partial charge in [-0.25, -0.2) is 4.98 Å². The van der Waals surface area contributed by atoms with Crippen LogP contribution in [0.25, 0.3) is 10.2 Å². The fourth-order valence-corrected chi connectivity index (χ4v) is 3.26. The lowest BCUT2D eigenvalue weighted by Gasteiger charge is -2.11. The van der Waals surface area contributed by atoms with Gasteiger partial charge in [-0.2, -0.15) is 0 Å². The lowest BCUT2D eigenvalue weighted by molar-refractivity contribution is -0.119. The number of hydrogen-bond donors (Lipinski definition) is 2. The Labute approximate surface area is 121 Å². The zero-order valence-corrected chi connectivity index (χ0v) is 12.8. The number of nitrogens with one attached hydrogen (secondary N) is 2. The predicted molar refractivity (Wildman–Crippen MR) is 83.1 cm³/mol. The molecule has 1 heterocycles. The smallest absolute Gasteiger partial charge is 0.228 e. The Kier molecular flexibility index (Phi) is 4.79. The van der Waals surface area contributed by atoms with Gasteiger partial charge < -0.3 is 10.6 Å². The summed E-state index contributed by atoms with van der Waals surface area (Å²) < 4.78 is 2.14. The van der Waals surface area contributed by atoms with Crippen molar-refractivity contribution in [2.45, 2.75) is 11.3 Å². The van der Waals surface area contributed by atoms with Crippen molar-refractivity contribution < 1.29 is 4.79 Å². The zero-order valence-electron chi connectivity index (χ0n) is 11.2. The monoisotopic (exact) mass is 295 g/mol. The van der Waals surface area contributed by atoms with Gasteiger partial charge in [-0.3, -0.25) is 4.79 Å². The van der Waals surface area contributed by atoms with Gasteiger partial charge in [-0.15, -0.1) is 11.3 Å². The second-order valence-corrected chi connectivity index (χ2v) is 6.40. The first-order chi connectivity index (χ1) is 9.13. The van der Waals surface area contributed by atoms with Crippen molar-refractivity contribution in [2.75, 3.05) is 25.2 Å². The summed E-state index contributed by atoms with van der Waals surface area (Å²) in [6.45, 7) is 2.58. The van der Waals surface area contributed by atoms with Crippen LogP contribution in [0, 0.1) is 5.92 Å². The molecule has 1 atom stereocenters. The molecular formula is C13H17N3OS2. The van der Waals surface area contributed by atoms with E-state index in [1.807, 2.05) is 38.4 Å². The average Bonchev–Trinajstić information content (AvgIpc) is 2.81. The number of nitrogens with zero attached hydrogens (tertiary/aromatic N) is 1. The molecule has 0 saturated heterocycles. The molecule has 0 spiro atoms. The molecule has 102 valence electrons. The van der Waals surface area contributed by atoms with Crippen molar-refractivity contribution in [3.05, 3.63) is 18.2 Å². The van der Waals surface area contributed by atoms with E-state index < -0.39 is 0 Å². The topological polar surface area (TPSA) is 54.0 Å². The quantitative estimate of drug-likeness (QED) is 0.833. The molecule has 1 unspecified atom stereocenters. The fourth-order valence-electron chi connectivity index (χ4n) is 1.73. The summed E-state index contributed by atoms with van der Waals surface area (Å²) in [6, 6.07) is 5.83. The summed E-state index contributed by atoms with van der Waals surface area (Å²) in [5.41, 5.74) is 1.81. The Morgan fingerprint density at radius 3 is 3.00 bits per heavy atom. The molecule has 0 saturated carbocycles. The Morgan fingerprint density at radius 1 is 1.53 bits per heavy atom. The molecule has 1 amide bonds. The van der Waals surface area contributed by atoms with E-state index in [1.54, 1.807) is 23.1 Å². The van der Waals surface area contributed by atoms with Gasteiger partial charge >= 0.3 is 0 Å². The number of benzene rings is 1. The first kappa shape index (κ1) is 14.3. The van der Waals surface area contributed by atoms with Crippen LogP contribution in [0.1, 0.15) is 6.92 Å². The molecule has 1 aromatic heterocycles. The van der Waals surface area contributed by atoms with Crippen molar-refractivity contribution in [1.29, 1.82) is 0 Å². The van der Waals surface area contributed by atoms with E-state index in [2.05, 4.69) is 15.6 Å². The highest BCUT2D eigenvalue weighted by molar-refractivity contribution is 8.00. The molecule has 19 heavy (non-hydrogen) atoms. The minimum Gasteiger partial charge on any atom is -0.326 e. The van der Waals surface area contributed by atoms with Crippen LogP contribution in [0.3, 0.4) is 0 Å². The molecule has 2 rings (SSSR count). The summed E-state index contributed by atoms with van der Waals surface area (Å²) in [5.74, 6) is -0.0211. The molecule has 4 nitrogen and oxygen atoms in total. The Morgan fingerprint density at radius 2 is 2.32 bits per heavy atom. The number of thioether (sulfide) groups is 1. The third kappa shape index (κ3) is 3.46. The maximum atomic E-state index is 11.9. The van der Waals surface area contributed by atoms with Crippen LogP contribution in [-0.4, -0.2) is 30.7 Å². The van der Waals surface area contributed by atoms with Crippen molar-refractivity contribution >= 4 is 44.9 Å². The largest absolute Gasteiger partial charge is 0.326 e. The van der Waals surface area contributed by atoms with Crippen LogP contribution in [0.15, 0.2) is 22.5 Å².